The maximum absolute atomic E-state index is 5.59. The van der Waals surface area contributed by atoms with Gasteiger partial charge in [0.15, 0.2) is 5.96 Å². The number of unbranched alkanes of at least 4 members (excludes halogenated alkanes) is 1. The summed E-state index contributed by atoms with van der Waals surface area (Å²) < 4.78 is 10.8. The van der Waals surface area contributed by atoms with Gasteiger partial charge in [-0.1, -0.05) is 0 Å². The van der Waals surface area contributed by atoms with Crippen LogP contribution in [0.15, 0.2) is 27.8 Å². The zero-order valence-corrected chi connectivity index (χ0v) is 17.1. The third-order valence-corrected chi connectivity index (χ3v) is 4.67. The van der Waals surface area contributed by atoms with Crippen LogP contribution >= 0.6 is 0 Å². The first-order valence-electron chi connectivity index (χ1n) is 10.3. The molecule has 0 aliphatic carbocycles. The number of rotatable bonds is 12. The number of nitrogens with one attached hydrogen (secondary N) is 2. The molecule has 2 rings (SSSR count). The number of guanidine groups is 1. The molecule has 0 bridgehead atoms. The van der Waals surface area contributed by atoms with Gasteiger partial charge in [0.1, 0.15) is 12.4 Å². The summed E-state index contributed by atoms with van der Waals surface area (Å²) in [7, 11) is 2.20. The van der Waals surface area contributed by atoms with Gasteiger partial charge < -0.3 is 29.6 Å². The highest BCUT2D eigenvalue weighted by atomic mass is 16.5. The molecule has 0 spiro atoms. The molecule has 0 atom stereocenters. The molecule has 1 fully saturated rings. The molecular weight excluding hydrogens is 342 g/mol. The van der Waals surface area contributed by atoms with Gasteiger partial charge in [0.2, 0.25) is 0 Å². The topological polar surface area (TPSA) is 65.3 Å². The standard InChI is InChI=1S/C20H37N5O2/c1-3-21-20(23-10-7-16-26-18-19-8-6-17-27-19)22-9-4-5-11-25-14-12-24(2)13-15-25/h6,8,17H,3-5,7,9-16,18H2,1-2H3,(H2,21,22,23). The fourth-order valence-corrected chi connectivity index (χ4v) is 3.01. The lowest BCUT2D eigenvalue weighted by atomic mass is 10.2. The molecule has 1 aromatic rings. The number of piperazine rings is 1. The smallest absolute Gasteiger partial charge is 0.191 e. The lowest BCUT2D eigenvalue weighted by Crippen LogP contribution is -2.44. The van der Waals surface area contributed by atoms with E-state index in [0.29, 0.717) is 13.2 Å². The maximum atomic E-state index is 5.59. The van der Waals surface area contributed by atoms with Crippen LogP contribution in [-0.2, 0) is 11.3 Å². The van der Waals surface area contributed by atoms with Crippen LogP contribution in [0.3, 0.4) is 0 Å². The third kappa shape index (κ3) is 9.79. The predicted octanol–water partition coefficient (Wildman–Crippen LogP) is 1.77. The van der Waals surface area contributed by atoms with Crippen molar-refractivity contribution in [2.24, 2.45) is 4.99 Å². The van der Waals surface area contributed by atoms with Crippen molar-refractivity contribution in [1.29, 1.82) is 0 Å². The van der Waals surface area contributed by atoms with Crippen LogP contribution in [0.25, 0.3) is 0 Å². The molecule has 1 saturated heterocycles. The highest BCUT2D eigenvalue weighted by Crippen LogP contribution is 2.02. The number of furan rings is 1. The average Bonchev–Trinajstić information content (AvgIpc) is 3.19. The van der Waals surface area contributed by atoms with E-state index >= 15 is 0 Å². The first-order valence-corrected chi connectivity index (χ1v) is 10.3. The van der Waals surface area contributed by atoms with Gasteiger partial charge in [0, 0.05) is 52.4 Å². The number of hydrogen-bond donors (Lipinski definition) is 2. The summed E-state index contributed by atoms with van der Waals surface area (Å²) in [5, 5.41) is 6.74. The van der Waals surface area contributed by atoms with Crippen LogP contribution in [0.4, 0.5) is 0 Å². The van der Waals surface area contributed by atoms with Gasteiger partial charge in [-0.25, -0.2) is 0 Å². The lowest BCUT2D eigenvalue weighted by Gasteiger charge is -2.32. The monoisotopic (exact) mass is 379 g/mol. The Morgan fingerprint density at radius 2 is 2.04 bits per heavy atom. The van der Waals surface area contributed by atoms with Crippen molar-refractivity contribution in [3.63, 3.8) is 0 Å². The van der Waals surface area contributed by atoms with Crippen LogP contribution in [0.1, 0.15) is 31.9 Å². The number of aliphatic imine (C=N–C) groups is 1. The minimum absolute atomic E-state index is 0.530. The second kappa shape index (κ2) is 13.6. The molecule has 7 nitrogen and oxygen atoms in total. The van der Waals surface area contributed by atoms with E-state index < -0.39 is 0 Å². The van der Waals surface area contributed by atoms with Gasteiger partial charge in [0.05, 0.1) is 6.26 Å². The van der Waals surface area contributed by atoms with Crippen LogP contribution in [0.2, 0.25) is 0 Å². The van der Waals surface area contributed by atoms with Gasteiger partial charge in [-0.2, -0.15) is 0 Å². The molecular formula is C20H37N5O2. The Morgan fingerprint density at radius 1 is 1.19 bits per heavy atom. The summed E-state index contributed by atoms with van der Waals surface area (Å²) in [5.74, 6) is 1.77. The van der Waals surface area contributed by atoms with E-state index in [1.165, 1.54) is 45.6 Å². The van der Waals surface area contributed by atoms with Crippen molar-refractivity contribution in [2.45, 2.75) is 32.8 Å². The van der Waals surface area contributed by atoms with E-state index in [-0.39, 0.29) is 0 Å². The summed E-state index contributed by atoms with van der Waals surface area (Å²) >= 11 is 0. The van der Waals surface area contributed by atoms with Crippen molar-refractivity contribution < 1.29 is 9.15 Å². The molecule has 1 aliphatic heterocycles. The SMILES string of the molecule is CCNC(=NCCCOCc1ccco1)NCCCCN1CCN(C)CC1. The number of hydrogen-bond acceptors (Lipinski definition) is 5. The van der Waals surface area contributed by atoms with Gasteiger partial charge in [0.25, 0.3) is 0 Å². The lowest BCUT2D eigenvalue weighted by molar-refractivity contribution is 0.105. The van der Waals surface area contributed by atoms with Crippen molar-refractivity contribution in [3.05, 3.63) is 24.2 Å². The summed E-state index contributed by atoms with van der Waals surface area (Å²) in [6.45, 7) is 11.9. The van der Waals surface area contributed by atoms with E-state index in [1.54, 1.807) is 6.26 Å². The van der Waals surface area contributed by atoms with Gasteiger partial charge in [-0.05, 0) is 51.9 Å². The van der Waals surface area contributed by atoms with E-state index in [4.69, 9.17) is 9.15 Å². The molecule has 7 heteroatoms. The van der Waals surface area contributed by atoms with Gasteiger partial charge in [-0.3, -0.25) is 4.99 Å². The minimum Gasteiger partial charge on any atom is -0.467 e. The zero-order chi connectivity index (χ0) is 19.2. The largest absolute Gasteiger partial charge is 0.467 e. The maximum Gasteiger partial charge on any atom is 0.191 e. The second-order valence-electron chi connectivity index (χ2n) is 7.02. The fourth-order valence-electron chi connectivity index (χ4n) is 3.01. The van der Waals surface area contributed by atoms with Gasteiger partial charge in [-0.15, -0.1) is 0 Å². The summed E-state index contributed by atoms with van der Waals surface area (Å²) in [6, 6.07) is 3.80. The first kappa shape index (κ1) is 21.7. The first-order chi connectivity index (χ1) is 13.3. The molecule has 2 heterocycles. The summed E-state index contributed by atoms with van der Waals surface area (Å²) in [5.41, 5.74) is 0. The van der Waals surface area contributed by atoms with Crippen molar-refractivity contribution in [3.8, 4) is 0 Å². The molecule has 0 radical (unpaired) electrons. The molecule has 0 aromatic carbocycles. The van der Waals surface area contributed by atoms with E-state index in [0.717, 1.165) is 37.8 Å². The molecule has 154 valence electrons. The Labute approximate surface area is 164 Å². The second-order valence-corrected chi connectivity index (χ2v) is 7.02. The summed E-state index contributed by atoms with van der Waals surface area (Å²) in [4.78, 5) is 9.59. The quantitative estimate of drug-likeness (QED) is 0.328. The third-order valence-electron chi connectivity index (χ3n) is 4.67. The summed E-state index contributed by atoms with van der Waals surface area (Å²) in [6.07, 6.45) is 4.98. The van der Waals surface area contributed by atoms with E-state index in [9.17, 15) is 0 Å². The van der Waals surface area contributed by atoms with Crippen LogP contribution in [0.5, 0.6) is 0 Å². The normalized spacial score (nSPS) is 16.6. The molecule has 0 saturated carbocycles. The Bertz CT molecular complexity index is 498. The van der Waals surface area contributed by atoms with Crippen molar-refractivity contribution in [1.82, 2.24) is 20.4 Å². The Hall–Kier alpha value is -1.57. The predicted molar refractivity (Wildman–Crippen MR) is 110 cm³/mol. The van der Waals surface area contributed by atoms with Crippen molar-refractivity contribution in [2.75, 3.05) is 66.0 Å². The molecule has 0 amide bonds. The molecule has 1 aromatic heterocycles. The highest BCUT2D eigenvalue weighted by molar-refractivity contribution is 5.79. The van der Waals surface area contributed by atoms with Crippen molar-refractivity contribution >= 4 is 5.96 Å². The van der Waals surface area contributed by atoms with Crippen LogP contribution < -0.4 is 10.6 Å². The Kier molecular flexibility index (Phi) is 10.9. The molecule has 0 unspecified atom stereocenters. The van der Waals surface area contributed by atoms with Crippen LogP contribution in [0, 0.1) is 0 Å². The fraction of sp³-hybridized carbons (Fsp3) is 0.750. The molecule has 2 N–H and O–H groups in total. The van der Waals surface area contributed by atoms with E-state index in [2.05, 4.69) is 39.4 Å². The highest BCUT2D eigenvalue weighted by Gasteiger charge is 2.12. The van der Waals surface area contributed by atoms with Gasteiger partial charge >= 0.3 is 0 Å². The Morgan fingerprint density at radius 3 is 2.78 bits per heavy atom. The molecule has 1 aliphatic rings. The van der Waals surface area contributed by atoms with E-state index in [1.807, 2.05) is 12.1 Å². The van der Waals surface area contributed by atoms with Crippen LogP contribution in [-0.4, -0.2) is 81.8 Å². The average molecular weight is 380 g/mol. The zero-order valence-electron chi connectivity index (χ0n) is 17.1. The number of ether oxygens (including phenoxy) is 1. The molecule has 27 heavy (non-hydrogen) atoms. The number of likely N-dealkylation sites (N-methyl/N-ethyl adjacent to an activating group) is 1. The Balaban J connectivity index is 1.49. The minimum atomic E-state index is 0.530. The number of nitrogens with zero attached hydrogens (tertiary/aromatic N) is 3.